The summed E-state index contributed by atoms with van der Waals surface area (Å²) in [5, 5.41) is 3.10. The van der Waals surface area contributed by atoms with Gasteiger partial charge in [-0.05, 0) is 19.4 Å². The Morgan fingerprint density at radius 2 is 2.26 bits per heavy atom. The molecule has 0 spiro atoms. The molecule has 1 aliphatic heterocycles. The first-order valence-electron chi connectivity index (χ1n) is 7.16. The number of nitrogens with zero attached hydrogens (tertiary/aromatic N) is 3. The van der Waals surface area contributed by atoms with E-state index in [2.05, 4.69) is 34.0 Å². The Morgan fingerprint density at radius 1 is 1.42 bits per heavy atom. The number of aromatic nitrogens is 2. The van der Waals surface area contributed by atoms with Crippen molar-refractivity contribution in [3.8, 4) is 0 Å². The topological polar surface area (TPSA) is 50.3 Å². The largest absolute Gasteiger partial charge is 0.373 e. The average molecular weight is 264 g/mol. The Kier molecular flexibility index (Phi) is 5.10. The quantitative estimate of drug-likeness (QED) is 0.879. The molecule has 1 aromatic heterocycles. The predicted molar refractivity (Wildman–Crippen MR) is 76.4 cm³/mol. The molecule has 1 aliphatic rings. The molecule has 5 heteroatoms. The van der Waals surface area contributed by atoms with E-state index >= 15 is 0 Å². The second kappa shape index (κ2) is 6.82. The van der Waals surface area contributed by atoms with Gasteiger partial charge in [0.25, 0.3) is 0 Å². The fourth-order valence-electron chi connectivity index (χ4n) is 2.35. The lowest BCUT2D eigenvalue weighted by atomic mass is 10.2. The van der Waals surface area contributed by atoms with Crippen LogP contribution in [0.5, 0.6) is 0 Å². The van der Waals surface area contributed by atoms with Crippen molar-refractivity contribution >= 4 is 5.82 Å². The van der Waals surface area contributed by atoms with Gasteiger partial charge in [0.05, 0.1) is 6.61 Å². The number of rotatable bonds is 5. The lowest BCUT2D eigenvalue weighted by Gasteiger charge is -2.32. The van der Waals surface area contributed by atoms with Crippen molar-refractivity contribution in [3.63, 3.8) is 0 Å². The number of nitrogens with one attached hydrogen (secondary N) is 1. The van der Waals surface area contributed by atoms with E-state index < -0.39 is 0 Å². The van der Waals surface area contributed by atoms with Crippen molar-refractivity contribution in [2.75, 3.05) is 38.6 Å². The number of anilines is 1. The van der Waals surface area contributed by atoms with Crippen LogP contribution in [0, 0.1) is 0 Å². The summed E-state index contributed by atoms with van der Waals surface area (Å²) in [6.45, 7) is 8.10. The van der Waals surface area contributed by atoms with E-state index in [9.17, 15) is 0 Å². The first-order valence-corrected chi connectivity index (χ1v) is 7.16. The van der Waals surface area contributed by atoms with Crippen LogP contribution in [-0.4, -0.2) is 48.2 Å². The zero-order valence-electron chi connectivity index (χ0n) is 12.1. The average Bonchev–Trinajstić information content (AvgIpc) is 2.47. The molecule has 5 nitrogen and oxygen atoms in total. The smallest absolute Gasteiger partial charge is 0.161 e. The number of hydrogen-bond acceptors (Lipinski definition) is 5. The summed E-state index contributed by atoms with van der Waals surface area (Å²) in [6.07, 6.45) is 2.08. The van der Waals surface area contributed by atoms with Gasteiger partial charge in [0, 0.05) is 31.9 Å². The Labute approximate surface area is 115 Å². The maximum Gasteiger partial charge on any atom is 0.161 e. The molecule has 2 heterocycles. The van der Waals surface area contributed by atoms with Crippen LogP contribution >= 0.6 is 0 Å². The van der Waals surface area contributed by atoms with Gasteiger partial charge in [-0.1, -0.05) is 13.8 Å². The van der Waals surface area contributed by atoms with Crippen molar-refractivity contribution in [3.05, 3.63) is 17.6 Å². The molecule has 0 radical (unpaired) electrons. The second-order valence-corrected chi connectivity index (χ2v) is 4.87. The highest BCUT2D eigenvalue weighted by Crippen LogP contribution is 2.21. The summed E-state index contributed by atoms with van der Waals surface area (Å²) in [5.41, 5.74) is 1.06. The molecule has 1 fully saturated rings. The molecule has 0 amide bonds. The number of ether oxygens (including phenoxy) is 1. The van der Waals surface area contributed by atoms with Crippen LogP contribution in [0.1, 0.15) is 37.9 Å². The van der Waals surface area contributed by atoms with Crippen molar-refractivity contribution in [1.82, 2.24) is 14.9 Å². The maximum atomic E-state index is 5.85. The highest BCUT2D eigenvalue weighted by atomic mass is 16.5. The molecule has 106 valence electrons. The molecule has 19 heavy (non-hydrogen) atoms. The standard InChI is InChI=1S/C14H24N4O/c1-4-6-18-7-8-19-12(10-18)14-16-11(5-2)9-13(15-3)17-14/h9,12H,4-8,10H2,1-3H3,(H,15,16,17). The zero-order valence-corrected chi connectivity index (χ0v) is 12.1. The van der Waals surface area contributed by atoms with Gasteiger partial charge in [0.2, 0.25) is 0 Å². The van der Waals surface area contributed by atoms with E-state index in [1.165, 1.54) is 6.42 Å². The van der Waals surface area contributed by atoms with Crippen LogP contribution in [0.4, 0.5) is 5.82 Å². The molecule has 0 aliphatic carbocycles. The summed E-state index contributed by atoms with van der Waals surface area (Å²) in [6, 6.07) is 2.00. The zero-order chi connectivity index (χ0) is 13.7. The molecule has 0 bridgehead atoms. The lowest BCUT2D eigenvalue weighted by Crippen LogP contribution is -2.39. The highest BCUT2D eigenvalue weighted by Gasteiger charge is 2.24. The van der Waals surface area contributed by atoms with E-state index in [1.54, 1.807) is 0 Å². The monoisotopic (exact) mass is 264 g/mol. The SMILES string of the molecule is CCCN1CCOC(c2nc(CC)cc(NC)n2)C1. The third kappa shape index (κ3) is 3.64. The van der Waals surface area contributed by atoms with Gasteiger partial charge in [0.1, 0.15) is 11.9 Å². The fraction of sp³-hybridized carbons (Fsp3) is 0.714. The first kappa shape index (κ1) is 14.2. The van der Waals surface area contributed by atoms with Crippen molar-refractivity contribution in [2.24, 2.45) is 0 Å². The van der Waals surface area contributed by atoms with Crippen molar-refractivity contribution in [1.29, 1.82) is 0 Å². The first-order chi connectivity index (χ1) is 9.26. The Balaban J connectivity index is 2.15. The molecule has 1 atom stereocenters. The molecule has 1 aromatic rings. The summed E-state index contributed by atoms with van der Waals surface area (Å²) in [7, 11) is 1.89. The van der Waals surface area contributed by atoms with Gasteiger partial charge in [0.15, 0.2) is 5.82 Å². The van der Waals surface area contributed by atoms with Gasteiger partial charge < -0.3 is 10.1 Å². The van der Waals surface area contributed by atoms with Gasteiger partial charge in [-0.3, -0.25) is 4.90 Å². The number of morpholine rings is 1. The van der Waals surface area contributed by atoms with E-state index in [0.29, 0.717) is 0 Å². The molecular formula is C14H24N4O. The molecule has 0 aromatic carbocycles. The number of hydrogen-bond donors (Lipinski definition) is 1. The Hall–Kier alpha value is -1.20. The molecular weight excluding hydrogens is 240 g/mol. The van der Waals surface area contributed by atoms with Crippen LogP contribution in [-0.2, 0) is 11.2 Å². The third-order valence-corrected chi connectivity index (χ3v) is 3.39. The molecule has 1 N–H and O–H groups in total. The fourth-order valence-corrected chi connectivity index (χ4v) is 2.35. The van der Waals surface area contributed by atoms with E-state index in [0.717, 1.165) is 50.0 Å². The minimum atomic E-state index is -0.00102. The van der Waals surface area contributed by atoms with Crippen LogP contribution in [0.15, 0.2) is 6.07 Å². The predicted octanol–water partition coefficient (Wildman–Crippen LogP) is 1.86. The minimum Gasteiger partial charge on any atom is -0.373 e. The summed E-state index contributed by atoms with van der Waals surface area (Å²) in [5.74, 6) is 1.68. The Bertz CT molecular complexity index is 386. The normalized spacial score (nSPS) is 20.5. The molecule has 0 saturated carbocycles. The second-order valence-electron chi connectivity index (χ2n) is 4.87. The molecule has 1 unspecified atom stereocenters. The van der Waals surface area contributed by atoms with Gasteiger partial charge in [-0.2, -0.15) is 0 Å². The van der Waals surface area contributed by atoms with Crippen molar-refractivity contribution < 1.29 is 4.74 Å². The minimum absolute atomic E-state index is 0.00102. The molecule has 2 rings (SSSR count). The van der Waals surface area contributed by atoms with E-state index in [1.807, 2.05) is 13.1 Å². The lowest BCUT2D eigenvalue weighted by molar-refractivity contribution is -0.0342. The Morgan fingerprint density at radius 3 is 2.95 bits per heavy atom. The van der Waals surface area contributed by atoms with E-state index in [-0.39, 0.29) is 6.10 Å². The van der Waals surface area contributed by atoms with Gasteiger partial charge in [-0.25, -0.2) is 9.97 Å². The summed E-state index contributed by atoms with van der Waals surface area (Å²) in [4.78, 5) is 11.6. The molecule has 1 saturated heterocycles. The maximum absolute atomic E-state index is 5.85. The summed E-state index contributed by atoms with van der Waals surface area (Å²) < 4.78 is 5.85. The van der Waals surface area contributed by atoms with E-state index in [4.69, 9.17) is 4.74 Å². The van der Waals surface area contributed by atoms with Crippen LogP contribution in [0.3, 0.4) is 0 Å². The highest BCUT2D eigenvalue weighted by molar-refractivity contribution is 5.35. The van der Waals surface area contributed by atoms with Crippen LogP contribution < -0.4 is 5.32 Å². The van der Waals surface area contributed by atoms with Gasteiger partial charge >= 0.3 is 0 Å². The van der Waals surface area contributed by atoms with Gasteiger partial charge in [-0.15, -0.1) is 0 Å². The summed E-state index contributed by atoms with van der Waals surface area (Å²) >= 11 is 0. The number of aryl methyl sites for hydroxylation is 1. The van der Waals surface area contributed by atoms with Crippen LogP contribution in [0.2, 0.25) is 0 Å². The van der Waals surface area contributed by atoms with Crippen molar-refractivity contribution in [2.45, 2.75) is 32.8 Å². The van der Waals surface area contributed by atoms with Crippen LogP contribution in [0.25, 0.3) is 0 Å². The third-order valence-electron chi connectivity index (χ3n) is 3.39.